The van der Waals surface area contributed by atoms with Crippen molar-refractivity contribution in [3.8, 4) is 5.82 Å². The van der Waals surface area contributed by atoms with Crippen molar-refractivity contribution in [1.29, 1.82) is 0 Å². The molecule has 0 amide bonds. The zero-order chi connectivity index (χ0) is 15.9. The Hall–Kier alpha value is -2.49. The molecule has 1 aromatic carbocycles. The molecule has 0 atom stereocenters. The van der Waals surface area contributed by atoms with Crippen LogP contribution >= 0.6 is 0 Å². The van der Waals surface area contributed by atoms with Crippen molar-refractivity contribution in [2.45, 2.75) is 26.7 Å². The molecular weight excluding hydrogens is 279 g/mol. The van der Waals surface area contributed by atoms with E-state index in [1.807, 2.05) is 32.9 Å². The minimum Gasteiger partial charge on any atom is -0.268 e. The maximum atomic E-state index is 15.1. The summed E-state index contributed by atoms with van der Waals surface area (Å²) in [5.41, 5.74) is 0.924. The molecule has 0 bridgehead atoms. The largest absolute Gasteiger partial charge is 0.268 e. The van der Waals surface area contributed by atoms with Crippen molar-refractivity contribution in [2.75, 3.05) is 0 Å². The summed E-state index contributed by atoms with van der Waals surface area (Å²) in [5, 5.41) is 1.18. The molecular formula is C18H17FN2O. The summed E-state index contributed by atoms with van der Waals surface area (Å²) in [6.07, 6.45) is 1.57. The first-order valence-corrected chi connectivity index (χ1v) is 7.27. The van der Waals surface area contributed by atoms with Gasteiger partial charge in [0.15, 0.2) is 0 Å². The zero-order valence-corrected chi connectivity index (χ0v) is 12.8. The molecule has 0 fully saturated rings. The normalized spacial score (nSPS) is 11.3. The highest BCUT2D eigenvalue weighted by molar-refractivity contribution is 5.85. The van der Waals surface area contributed by atoms with Gasteiger partial charge in [-0.15, -0.1) is 0 Å². The van der Waals surface area contributed by atoms with Gasteiger partial charge in [0.05, 0.1) is 0 Å². The Labute approximate surface area is 128 Å². The van der Waals surface area contributed by atoms with E-state index in [1.165, 1.54) is 0 Å². The van der Waals surface area contributed by atoms with E-state index in [0.717, 1.165) is 10.1 Å². The van der Waals surface area contributed by atoms with Gasteiger partial charge < -0.3 is 0 Å². The lowest BCUT2D eigenvalue weighted by atomic mass is 9.98. The van der Waals surface area contributed by atoms with Crippen molar-refractivity contribution in [1.82, 2.24) is 9.55 Å². The third-order valence-corrected chi connectivity index (χ3v) is 3.84. The number of fused-ring (bicyclic) bond motifs is 1. The molecule has 4 heteroatoms. The summed E-state index contributed by atoms with van der Waals surface area (Å²) in [6, 6.07) is 10.7. The van der Waals surface area contributed by atoms with E-state index >= 15 is 4.39 Å². The first-order chi connectivity index (χ1) is 10.5. The van der Waals surface area contributed by atoms with Crippen LogP contribution in [-0.4, -0.2) is 9.55 Å². The van der Waals surface area contributed by atoms with Crippen molar-refractivity contribution >= 4 is 10.8 Å². The molecule has 0 radical (unpaired) electrons. The molecule has 0 unspecified atom stereocenters. The van der Waals surface area contributed by atoms with Gasteiger partial charge in [-0.1, -0.05) is 38.1 Å². The molecule has 2 heterocycles. The fraction of sp³-hybridized carbons (Fsp3) is 0.222. The highest BCUT2D eigenvalue weighted by atomic mass is 19.1. The third kappa shape index (κ3) is 2.11. The summed E-state index contributed by atoms with van der Waals surface area (Å²) in [7, 11) is 0. The molecule has 3 rings (SSSR count). The van der Waals surface area contributed by atoms with E-state index in [4.69, 9.17) is 0 Å². The number of benzene rings is 1. The maximum Gasteiger partial charge on any atom is 0.266 e. The Morgan fingerprint density at radius 3 is 2.41 bits per heavy atom. The summed E-state index contributed by atoms with van der Waals surface area (Å²) >= 11 is 0. The molecule has 2 aromatic heterocycles. The minimum atomic E-state index is -0.527. The van der Waals surface area contributed by atoms with Crippen LogP contribution in [0.25, 0.3) is 16.6 Å². The van der Waals surface area contributed by atoms with Crippen LogP contribution in [0.4, 0.5) is 4.39 Å². The Morgan fingerprint density at radius 2 is 1.77 bits per heavy atom. The van der Waals surface area contributed by atoms with E-state index in [-0.39, 0.29) is 11.5 Å². The summed E-state index contributed by atoms with van der Waals surface area (Å²) in [5.74, 6) is -0.223. The number of halogens is 1. The van der Waals surface area contributed by atoms with E-state index in [2.05, 4.69) is 4.98 Å². The second-order valence-electron chi connectivity index (χ2n) is 5.69. The summed E-state index contributed by atoms with van der Waals surface area (Å²) < 4.78 is 16.2. The van der Waals surface area contributed by atoms with Crippen LogP contribution in [0.5, 0.6) is 0 Å². The topological polar surface area (TPSA) is 34.9 Å². The Morgan fingerprint density at radius 1 is 1.09 bits per heavy atom. The number of aryl methyl sites for hydroxylation is 1. The fourth-order valence-electron chi connectivity index (χ4n) is 2.80. The molecule has 0 aliphatic carbocycles. The van der Waals surface area contributed by atoms with Gasteiger partial charge in [0.25, 0.3) is 5.56 Å². The second kappa shape index (κ2) is 5.37. The summed E-state index contributed by atoms with van der Waals surface area (Å²) in [6.45, 7) is 5.66. The van der Waals surface area contributed by atoms with E-state index in [9.17, 15) is 4.79 Å². The smallest absolute Gasteiger partial charge is 0.266 e. The van der Waals surface area contributed by atoms with Gasteiger partial charge in [0.1, 0.15) is 5.82 Å². The van der Waals surface area contributed by atoms with Crippen molar-refractivity contribution in [2.24, 2.45) is 0 Å². The molecule has 0 aliphatic rings. The third-order valence-electron chi connectivity index (χ3n) is 3.84. The number of hydrogen-bond acceptors (Lipinski definition) is 2. The Kier molecular flexibility index (Phi) is 3.53. The van der Waals surface area contributed by atoms with E-state index < -0.39 is 5.95 Å². The standard InChI is InChI=1S/C18H17FN2O/c1-11(2)15-13-8-4-5-9-14(13)18(22)21(16(15)19)17-12(3)7-6-10-20-17/h4-11H,1-3H3. The lowest BCUT2D eigenvalue weighted by Gasteiger charge is -2.17. The van der Waals surface area contributed by atoms with Crippen LogP contribution in [0.3, 0.4) is 0 Å². The molecule has 112 valence electrons. The number of pyridine rings is 2. The lowest BCUT2D eigenvalue weighted by Crippen LogP contribution is -2.25. The average Bonchev–Trinajstić information content (AvgIpc) is 2.49. The SMILES string of the molecule is Cc1cccnc1-n1c(F)c(C(C)C)c2ccccc2c1=O. The quantitative estimate of drug-likeness (QED) is 0.671. The number of hydrogen-bond donors (Lipinski definition) is 0. The van der Waals surface area contributed by atoms with E-state index in [0.29, 0.717) is 22.2 Å². The molecule has 0 N–H and O–H groups in total. The first kappa shape index (κ1) is 14.4. The van der Waals surface area contributed by atoms with Crippen LogP contribution in [0.1, 0.15) is 30.9 Å². The van der Waals surface area contributed by atoms with Gasteiger partial charge in [-0.25, -0.2) is 9.55 Å². The lowest BCUT2D eigenvalue weighted by molar-refractivity contribution is 0.520. The second-order valence-corrected chi connectivity index (χ2v) is 5.69. The highest BCUT2D eigenvalue weighted by Gasteiger charge is 2.20. The Bertz CT molecular complexity index is 913. The number of nitrogens with zero attached hydrogens (tertiary/aromatic N) is 2. The van der Waals surface area contributed by atoms with Gasteiger partial charge in [-0.05, 0) is 35.9 Å². The van der Waals surface area contributed by atoms with Crippen LogP contribution < -0.4 is 5.56 Å². The molecule has 0 saturated carbocycles. The van der Waals surface area contributed by atoms with Crippen LogP contribution in [0, 0.1) is 12.9 Å². The maximum absolute atomic E-state index is 15.1. The predicted octanol–water partition coefficient (Wildman–Crippen LogP) is 3.96. The van der Waals surface area contributed by atoms with Gasteiger partial charge >= 0.3 is 0 Å². The summed E-state index contributed by atoms with van der Waals surface area (Å²) in [4.78, 5) is 17.0. The first-order valence-electron chi connectivity index (χ1n) is 7.27. The van der Waals surface area contributed by atoms with Gasteiger partial charge in [0, 0.05) is 17.1 Å². The molecule has 0 saturated heterocycles. The van der Waals surface area contributed by atoms with Crippen LogP contribution in [0.15, 0.2) is 47.4 Å². The van der Waals surface area contributed by atoms with Crippen molar-refractivity contribution in [3.05, 3.63) is 70.0 Å². The minimum absolute atomic E-state index is 0.0410. The van der Waals surface area contributed by atoms with Gasteiger partial charge in [0.2, 0.25) is 5.95 Å². The van der Waals surface area contributed by atoms with Crippen LogP contribution in [-0.2, 0) is 0 Å². The molecule has 0 spiro atoms. The van der Waals surface area contributed by atoms with Gasteiger partial charge in [-0.2, -0.15) is 4.39 Å². The molecule has 22 heavy (non-hydrogen) atoms. The van der Waals surface area contributed by atoms with Crippen molar-refractivity contribution < 1.29 is 4.39 Å². The average molecular weight is 296 g/mol. The number of aromatic nitrogens is 2. The molecule has 3 nitrogen and oxygen atoms in total. The van der Waals surface area contributed by atoms with Gasteiger partial charge in [-0.3, -0.25) is 4.79 Å². The molecule has 0 aliphatic heterocycles. The highest BCUT2D eigenvalue weighted by Crippen LogP contribution is 2.27. The monoisotopic (exact) mass is 296 g/mol. The number of rotatable bonds is 2. The molecule has 3 aromatic rings. The fourth-order valence-corrected chi connectivity index (χ4v) is 2.80. The zero-order valence-electron chi connectivity index (χ0n) is 12.8. The Balaban J connectivity index is 2.52. The van der Waals surface area contributed by atoms with Crippen LogP contribution in [0.2, 0.25) is 0 Å². The van der Waals surface area contributed by atoms with Crippen molar-refractivity contribution in [3.63, 3.8) is 0 Å². The predicted molar refractivity (Wildman–Crippen MR) is 86.1 cm³/mol. The van der Waals surface area contributed by atoms with E-state index in [1.54, 1.807) is 30.5 Å².